The van der Waals surface area contributed by atoms with Crippen molar-refractivity contribution in [3.8, 4) is 5.75 Å². The normalized spacial score (nSPS) is 26.5. The van der Waals surface area contributed by atoms with E-state index >= 15 is 0 Å². The van der Waals surface area contributed by atoms with Gasteiger partial charge in [-0.1, -0.05) is 6.92 Å². The van der Waals surface area contributed by atoms with Gasteiger partial charge in [0.2, 0.25) is 5.91 Å². The van der Waals surface area contributed by atoms with Crippen LogP contribution in [0.4, 0.5) is 5.69 Å². The molecule has 1 fully saturated rings. The van der Waals surface area contributed by atoms with Crippen molar-refractivity contribution in [2.45, 2.75) is 38.8 Å². The molecule has 2 aliphatic rings. The predicted octanol–water partition coefficient (Wildman–Crippen LogP) is 2.13. The summed E-state index contributed by atoms with van der Waals surface area (Å²) in [6.45, 7) is 5.85. The van der Waals surface area contributed by atoms with Crippen LogP contribution in [0.3, 0.4) is 0 Å². The number of hydrogen-bond acceptors (Lipinski definition) is 5. The zero-order valence-electron chi connectivity index (χ0n) is 17.2. The summed E-state index contributed by atoms with van der Waals surface area (Å²) in [5, 5.41) is 6.38. The Hall–Kier alpha value is -2.12. The highest BCUT2D eigenvalue weighted by Gasteiger charge is 2.30. The fraction of sp³-hybridized carbons (Fsp3) is 0.619. The lowest BCUT2D eigenvalue weighted by atomic mass is 10.0. The largest absolute Gasteiger partial charge is 0.491 e. The van der Waals surface area contributed by atoms with E-state index in [0.717, 1.165) is 19.4 Å². The van der Waals surface area contributed by atoms with Crippen LogP contribution in [-0.4, -0.2) is 62.7 Å². The van der Waals surface area contributed by atoms with Crippen molar-refractivity contribution in [3.05, 3.63) is 23.8 Å². The molecule has 2 N–H and O–H groups in total. The number of fused-ring (bicyclic) bond motifs is 1. The number of nitrogens with zero attached hydrogens (tertiary/aromatic N) is 1. The highest BCUT2D eigenvalue weighted by atomic mass is 16.5. The number of benzene rings is 1. The number of hydrogen-bond donors (Lipinski definition) is 2. The van der Waals surface area contributed by atoms with E-state index in [1.807, 2.05) is 6.92 Å². The van der Waals surface area contributed by atoms with Gasteiger partial charge in [0.25, 0.3) is 5.91 Å². The summed E-state index contributed by atoms with van der Waals surface area (Å²) < 4.78 is 11.6. The van der Waals surface area contributed by atoms with Crippen molar-refractivity contribution in [2.75, 3.05) is 39.2 Å². The molecule has 0 bridgehead atoms. The van der Waals surface area contributed by atoms with Crippen LogP contribution in [-0.2, 0) is 9.53 Å². The highest BCUT2D eigenvalue weighted by Crippen LogP contribution is 2.31. The Balaban J connectivity index is 1.85. The average Bonchev–Trinajstić information content (AvgIpc) is 3.52. The third-order valence-corrected chi connectivity index (χ3v) is 5.44. The third-order valence-electron chi connectivity index (χ3n) is 5.44. The number of carbonyl (C=O) groups is 2. The SMILES string of the molecule is CO[C@H]1CN(C)C(=O)c2ccc(NC(=O)C3CC3)cc2OC[C@H](C)NC[C@H]1C. The van der Waals surface area contributed by atoms with Crippen LogP contribution in [0, 0.1) is 11.8 Å². The topological polar surface area (TPSA) is 79.9 Å². The Morgan fingerprint density at radius 2 is 2.07 bits per heavy atom. The fourth-order valence-corrected chi connectivity index (χ4v) is 3.32. The van der Waals surface area contributed by atoms with Crippen LogP contribution in [0.5, 0.6) is 5.75 Å². The zero-order chi connectivity index (χ0) is 20.3. The maximum absolute atomic E-state index is 13.0. The van der Waals surface area contributed by atoms with Crippen molar-refractivity contribution in [1.82, 2.24) is 10.2 Å². The molecule has 1 saturated carbocycles. The lowest BCUT2D eigenvalue weighted by Crippen LogP contribution is -2.44. The molecule has 0 saturated heterocycles. The van der Waals surface area contributed by atoms with Gasteiger partial charge >= 0.3 is 0 Å². The van der Waals surface area contributed by atoms with Crippen LogP contribution < -0.4 is 15.4 Å². The van der Waals surface area contributed by atoms with Gasteiger partial charge < -0.3 is 25.0 Å². The number of carbonyl (C=O) groups excluding carboxylic acids is 2. The molecule has 7 heteroatoms. The van der Waals surface area contributed by atoms with Gasteiger partial charge in [0.1, 0.15) is 12.4 Å². The van der Waals surface area contributed by atoms with Crippen LogP contribution in [0.1, 0.15) is 37.0 Å². The van der Waals surface area contributed by atoms with E-state index in [1.54, 1.807) is 37.3 Å². The van der Waals surface area contributed by atoms with Gasteiger partial charge in [-0.25, -0.2) is 0 Å². The molecular weight excluding hydrogens is 358 g/mol. The molecule has 0 radical (unpaired) electrons. The first kappa shape index (κ1) is 20.6. The molecule has 3 rings (SSSR count). The van der Waals surface area contributed by atoms with Gasteiger partial charge in [0.15, 0.2) is 0 Å². The van der Waals surface area contributed by atoms with Crippen molar-refractivity contribution in [3.63, 3.8) is 0 Å². The van der Waals surface area contributed by atoms with Crippen molar-refractivity contribution in [1.29, 1.82) is 0 Å². The first-order valence-corrected chi connectivity index (χ1v) is 9.98. The van der Waals surface area contributed by atoms with Gasteiger partial charge in [-0.2, -0.15) is 0 Å². The molecule has 2 amide bonds. The van der Waals surface area contributed by atoms with E-state index in [-0.39, 0.29) is 35.8 Å². The number of ether oxygens (including phenoxy) is 2. The van der Waals surface area contributed by atoms with Gasteiger partial charge in [0, 0.05) is 51.0 Å². The summed E-state index contributed by atoms with van der Waals surface area (Å²) in [5.41, 5.74) is 1.14. The van der Waals surface area contributed by atoms with Gasteiger partial charge in [-0.3, -0.25) is 9.59 Å². The number of methoxy groups -OCH3 is 1. The Bertz CT molecular complexity index is 720. The Morgan fingerprint density at radius 3 is 2.75 bits per heavy atom. The molecule has 1 aromatic carbocycles. The van der Waals surface area contributed by atoms with Crippen LogP contribution >= 0.6 is 0 Å². The molecule has 0 unspecified atom stereocenters. The number of anilines is 1. The molecule has 0 aromatic heterocycles. The van der Waals surface area contributed by atoms with Gasteiger partial charge in [-0.05, 0) is 37.8 Å². The standard InChI is InChI=1S/C21H31N3O4/c1-13-10-22-14(2)12-28-18-9-16(23-20(25)15-5-6-15)7-8-17(18)21(26)24(3)11-19(13)27-4/h7-9,13-15,19,22H,5-6,10-12H2,1-4H3,(H,23,25)/t13-,14+,19+/m1/s1. The van der Waals surface area contributed by atoms with Gasteiger partial charge in [-0.15, -0.1) is 0 Å². The summed E-state index contributed by atoms with van der Waals surface area (Å²) in [7, 11) is 3.45. The van der Waals surface area contributed by atoms with Crippen molar-refractivity contribution in [2.24, 2.45) is 11.8 Å². The molecule has 0 spiro atoms. The zero-order valence-corrected chi connectivity index (χ0v) is 17.2. The summed E-state index contributed by atoms with van der Waals surface area (Å²) in [5.74, 6) is 0.768. The summed E-state index contributed by atoms with van der Waals surface area (Å²) in [6, 6.07) is 5.35. The first-order chi connectivity index (χ1) is 13.4. The molecule has 154 valence electrons. The van der Waals surface area contributed by atoms with E-state index in [2.05, 4.69) is 17.6 Å². The molecule has 1 aliphatic carbocycles. The molecule has 1 heterocycles. The highest BCUT2D eigenvalue weighted by molar-refractivity contribution is 5.99. The molecular formula is C21H31N3O4. The minimum absolute atomic E-state index is 0.0310. The molecule has 1 aliphatic heterocycles. The second-order valence-corrected chi connectivity index (χ2v) is 8.03. The van der Waals surface area contributed by atoms with E-state index in [4.69, 9.17) is 9.47 Å². The smallest absolute Gasteiger partial charge is 0.257 e. The minimum atomic E-state index is -0.120. The minimum Gasteiger partial charge on any atom is -0.491 e. The Kier molecular flexibility index (Phi) is 6.57. The predicted molar refractivity (Wildman–Crippen MR) is 108 cm³/mol. The monoisotopic (exact) mass is 389 g/mol. The number of nitrogens with one attached hydrogen (secondary N) is 2. The lowest BCUT2D eigenvalue weighted by molar-refractivity contribution is -0.117. The maximum atomic E-state index is 13.0. The maximum Gasteiger partial charge on any atom is 0.257 e. The Labute approximate surface area is 166 Å². The van der Waals surface area contributed by atoms with Crippen LogP contribution in [0.15, 0.2) is 18.2 Å². The molecule has 7 nitrogen and oxygen atoms in total. The van der Waals surface area contributed by atoms with E-state index in [0.29, 0.717) is 30.2 Å². The van der Waals surface area contributed by atoms with E-state index in [9.17, 15) is 9.59 Å². The molecule has 1 aromatic rings. The summed E-state index contributed by atoms with van der Waals surface area (Å²) >= 11 is 0. The second-order valence-electron chi connectivity index (χ2n) is 8.03. The van der Waals surface area contributed by atoms with Crippen LogP contribution in [0.2, 0.25) is 0 Å². The number of rotatable bonds is 3. The average molecular weight is 389 g/mol. The van der Waals surface area contributed by atoms with E-state index in [1.165, 1.54) is 0 Å². The van der Waals surface area contributed by atoms with Crippen molar-refractivity contribution < 1.29 is 19.1 Å². The Morgan fingerprint density at radius 1 is 1.32 bits per heavy atom. The van der Waals surface area contributed by atoms with Gasteiger partial charge in [0.05, 0.1) is 11.7 Å². The second kappa shape index (κ2) is 8.92. The fourth-order valence-electron chi connectivity index (χ4n) is 3.32. The van der Waals surface area contributed by atoms with Crippen LogP contribution in [0.25, 0.3) is 0 Å². The lowest BCUT2D eigenvalue weighted by Gasteiger charge is -2.30. The van der Waals surface area contributed by atoms with Crippen molar-refractivity contribution >= 4 is 17.5 Å². The summed E-state index contributed by atoms with van der Waals surface area (Å²) in [6.07, 6.45) is 1.83. The molecule has 28 heavy (non-hydrogen) atoms. The van der Waals surface area contributed by atoms with E-state index < -0.39 is 0 Å². The molecule has 3 atom stereocenters. The third kappa shape index (κ3) is 5.02. The number of likely N-dealkylation sites (N-methyl/N-ethyl adjacent to an activating group) is 1. The number of amides is 2. The quantitative estimate of drug-likeness (QED) is 0.828. The first-order valence-electron chi connectivity index (χ1n) is 9.98. The summed E-state index contributed by atoms with van der Waals surface area (Å²) in [4.78, 5) is 26.8.